The van der Waals surface area contributed by atoms with E-state index < -0.39 is 0 Å². The number of hydrogen-bond acceptors (Lipinski definition) is 4. The average molecular weight is 301 g/mol. The van der Waals surface area contributed by atoms with Crippen LogP contribution in [0.5, 0.6) is 11.5 Å². The molecule has 2 rings (SSSR count). The normalized spacial score (nSPS) is 14.4. The highest BCUT2D eigenvalue weighted by molar-refractivity contribution is 9.10. The number of halogens is 1. The van der Waals surface area contributed by atoms with Crippen molar-refractivity contribution in [3.8, 4) is 11.5 Å². The predicted octanol–water partition coefficient (Wildman–Crippen LogP) is 2.81. The smallest absolute Gasteiger partial charge is 0.161 e. The molecule has 0 unspecified atom stereocenters. The van der Waals surface area contributed by atoms with E-state index in [9.17, 15) is 0 Å². The molecular formula is C12H13BrO4. The van der Waals surface area contributed by atoms with Crippen LogP contribution in [-0.2, 0) is 9.47 Å². The second-order valence-electron chi connectivity index (χ2n) is 3.40. The molecule has 0 spiro atoms. The van der Waals surface area contributed by atoms with Gasteiger partial charge in [0.25, 0.3) is 0 Å². The Balaban J connectivity index is 2.43. The van der Waals surface area contributed by atoms with E-state index >= 15 is 0 Å². The van der Waals surface area contributed by atoms with Crippen LogP contribution in [0.25, 0.3) is 5.76 Å². The second-order valence-corrected chi connectivity index (χ2v) is 4.19. The fourth-order valence-electron chi connectivity index (χ4n) is 1.53. The Kier molecular flexibility index (Phi) is 3.78. The minimum atomic E-state index is 0.548. The highest BCUT2D eigenvalue weighted by Crippen LogP contribution is 2.37. The first-order valence-corrected chi connectivity index (χ1v) is 5.92. The molecular weight excluding hydrogens is 288 g/mol. The fraction of sp³-hybridized carbons (Fsp3) is 0.333. The molecule has 5 heteroatoms. The quantitative estimate of drug-likeness (QED) is 0.860. The molecule has 0 amide bonds. The van der Waals surface area contributed by atoms with Crippen LogP contribution in [0.4, 0.5) is 0 Å². The van der Waals surface area contributed by atoms with Crippen LogP contribution >= 0.6 is 15.9 Å². The number of hydrogen-bond donors (Lipinski definition) is 0. The van der Waals surface area contributed by atoms with Crippen molar-refractivity contribution in [2.45, 2.75) is 0 Å². The van der Waals surface area contributed by atoms with Crippen molar-refractivity contribution in [2.24, 2.45) is 0 Å². The first kappa shape index (κ1) is 12.1. The monoisotopic (exact) mass is 300 g/mol. The van der Waals surface area contributed by atoms with E-state index in [0.29, 0.717) is 30.5 Å². The summed E-state index contributed by atoms with van der Waals surface area (Å²) in [4.78, 5) is 0. The summed E-state index contributed by atoms with van der Waals surface area (Å²) in [6.45, 7) is 1.13. The average Bonchev–Trinajstić information content (AvgIpc) is 2.40. The predicted molar refractivity (Wildman–Crippen MR) is 67.1 cm³/mol. The standard InChI is InChI=1S/C12H13BrO4/c1-14-9-5-8(6-10(15-2)12(9)13)11-7-16-3-4-17-11/h5-7H,3-4H2,1-2H3. The molecule has 0 N–H and O–H groups in total. The molecule has 1 aromatic rings. The Morgan fingerprint density at radius 1 is 1.12 bits per heavy atom. The van der Waals surface area contributed by atoms with Crippen molar-refractivity contribution in [1.82, 2.24) is 0 Å². The van der Waals surface area contributed by atoms with Gasteiger partial charge in [0.05, 0.1) is 14.2 Å². The van der Waals surface area contributed by atoms with Crippen LogP contribution in [0.1, 0.15) is 5.56 Å². The van der Waals surface area contributed by atoms with Crippen molar-refractivity contribution in [3.63, 3.8) is 0 Å². The van der Waals surface area contributed by atoms with E-state index in [1.807, 2.05) is 12.1 Å². The van der Waals surface area contributed by atoms with E-state index in [2.05, 4.69) is 15.9 Å². The zero-order chi connectivity index (χ0) is 12.3. The molecule has 92 valence electrons. The van der Waals surface area contributed by atoms with Crippen LogP contribution in [0, 0.1) is 0 Å². The van der Waals surface area contributed by atoms with Gasteiger partial charge in [0.15, 0.2) is 5.76 Å². The van der Waals surface area contributed by atoms with Crippen molar-refractivity contribution >= 4 is 21.7 Å². The summed E-state index contributed by atoms with van der Waals surface area (Å²) in [6, 6.07) is 3.74. The molecule has 0 aliphatic carbocycles. The number of rotatable bonds is 3. The van der Waals surface area contributed by atoms with Gasteiger partial charge < -0.3 is 18.9 Å². The third kappa shape index (κ3) is 2.49. The molecule has 1 aromatic carbocycles. The summed E-state index contributed by atoms with van der Waals surface area (Å²) in [5.41, 5.74) is 0.863. The number of methoxy groups -OCH3 is 2. The lowest BCUT2D eigenvalue weighted by Gasteiger charge is -2.17. The van der Waals surface area contributed by atoms with E-state index in [1.165, 1.54) is 0 Å². The highest BCUT2D eigenvalue weighted by Gasteiger charge is 2.15. The van der Waals surface area contributed by atoms with Crippen molar-refractivity contribution in [1.29, 1.82) is 0 Å². The Hall–Kier alpha value is -1.36. The Bertz CT molecular complexity index is 417. The zero-order valence-corrected chi connectivity index (χ0v) is 11.2. The maximum Gasteiger partial charge on any atom is 0.161 e. The summed E-state index contributed by atoms with van der Waals surface area (Å²) in [7, 11) is 3.21. The lowest BCUT2D eigenvalue weighted by atomic mass is 10.1. The van der Waals surface area contributed by atoms with E-state index in [4.69, 9.17) is 18.9 Å². The van der Waals surface area contributed by atoms with Gasteiger partial charge in [0.2, 0.25) is 0 Å². The third-order valence-electron chi connectivity index (χ3n) is 2.38. The van der Waals surface area contributed by atoms with Crippen LogP contribution in [0.2, 0.25) is 0 Å². The van der Waals surface area contributed by atoms with Crippen molar-refractivity contribution < 1.29 is 18.9 Å². The first-order chi connectivity index (χ1) is 8.26. The van der Waals surface area contributed by atoms with Crippen molar-refractivity contribution in [3.05, 3.63) is 28.4 Å². The summed E-state index contributed by atoms with van der Waals surface area (Å²) < 4.78 is 22.1. The lowest BCUT2D eigenvalue weighted by molar-refractivity contribution is 0.125. The molecule has 1 heterocycles. The van der Waals surface area contributed by atoms with E-state index in [0.717, 1.165) is 10.0 Å². The van der Waals surface area contributed by atoms with E-state index in [-0.39, 0.29) is 0 Å². The van der Waals surface area contributed by atoms with Crippen molar-refractivity contribution in [2.75, 3.05) is 27.4 Å². The van der Waals surface area contributed by atoms with Crippen LogP contribution in [-0.4, -0.2) is 27.4 Å². The molecule has 0 bridgehead atoms. The molecule has 4 nitrogen and oxygen atoms in total. The highest BCUT2D eigenvalue weighted by atomic mass is 79.9. The largest absolute Gasteiger partial charge is 0.495 e. The fourth-order valence-corrected chi connectivity index (χ4v) is 2.08. The molecule has 0 saturated carbocycles. The SMILES string of the molecule is COc1cc(C2=COCCO2)cc(OC)c1Br. The summed E-state index contributed by atoms with van der Waals surface area (Å²) in [5.74, 6) is 2.06. The third-order valence-corrected chi connectivity index (χ3v) is 3.16. The van der Waals surface area contributed by atoms with Gasteiger partial charge in [0.1, 0.15) is 35.4 Å². The Labute approximate surface area is 108 Å². The second kappa shape index (κ2) is 5.31. The van der Waals surface area contributed by atoms with Gasteiger partial charge in [-0.2, -0.15) is 0 Å². The molecule has 0 fully saturated rings. The van der Waals surface area contributed by atoms with Gasteiger partial charge in [0, 0.05) is 5.56 Å². The summed E-state index contributed by atoms with van der Waals surface area (Å²) in [6.07, 6.45) is 1.60. The maximum absolute atomic E-state index is 5.51. The molecule has 0 saturated heterocycles. The van der Waals surface area contributed by atoms with Crippen LogP contribution < -0.4 is 9.47 Å². The van der Waals surface area contributed by atoms with Gasteiger partial charge >= 0.3 is 0 Å². The number of ether oxygens (including phenoxy) is 4. The van der Waals surface area contributed by atoms with Crippen LogP contribution in [0.3, 0.4) is 0 Å². The van der Waals surface area contributed by atoms with E-state index in [1.54, 1.807) is 20.5 Å². The van der Waals surface area contributed by atoms with Gasteiger partial charge in [-0.1, -0.05) is 0 Å². The van der Waals surface area contributed by atoms with Gasteiger partial charge in [-0.3, -0.25) is 0 Å². The molecule has 17 heavy (non-hydrogen) atoms. The molecule has 0 aromatic heterocycles. The molecule has 1 aliphatic rings. The first-order valence-electron chi connectivity index (χ1n) is 5.12. The molecule has 1 aliphatic heterocycles. The zero-order valence-electron chi connectivity index (χ0n) is 9.66. The van der Waals surface area contributed by atoms with Gasteiger partial charge in [-0.25, -0.2) is 0 Å². The lowest BCUT2D eigenvalue weighted by Crippen LogP contribution is -2.07. The topological polar surface area (TPSA) is 36.9 Å². The molecule has 0 atom stereocenters. The summed E-state index contributed by atoms with van der Waals surface area (Å²) >= 11 is 3.42. The number of benzene rings is 1. The Morgan fingerprint density at radius 2 is 1.76 bits per heavy atom. The minimum absolute atomic E-state index is 0.548. The summed E-state index contributed by atoms with van der Waals surface area (Å²) in [5, 5.41) is 0. The maximum atomic E-state index is 5.51. The minimum Gasteiger partial charge on any atom is -0.495 e. The van der Waals surface area contributed by atoms with Crippen LogP contribution in [0.15, 0.2) is 22.9 Å². The van der Waals surface area contributed by atoms with Gasteiger partial charge in [-0.05, 0) is 28.1 Å². The Morgan fingerprint density at radius 3 is 2.24 bits per heavy atom. The van der Waals surface area contributed by atoms with Gasteiger partial charge in [-0.15, -0.1) is 0 Å². The molecule has 0 radical (unpaired) electrons.